The molecule has 47 heavy (non-hydrogen) atoms. The number of rotatable bonds is 15. The molecule has 0 spiro atoms. The molecule has 260 valence electrons. The molecule has 2 fully saturated rings. The Balaban J connectivity index is 1.60. The van der Waals surface area contributed by atoms with E-state index in [1.165, 1.54) is 4.90 Å². The van der Waals surface area contributed by atoms with E-state index in [-0.39, 0.29) is 44.4 Å². The largest absolute Gasteiger partial charge is 0.480 e. The van der Waals surface area contributed by atoms with Crippen molar-refractivity contribution >= 4 is 35.9 Å². The van der Waals surface area contributed by atoms with Crippen LogP contribution in [0.1, 0.15) is 90.5 Å². The number of benzene rings is 1. The molecule has 1 aliphatic heterocycles. The maximum Gasteiger partial charge on any atom is 0.408 e. The Morgan fingerprint density at radius 3 is 2.28 bits per heavy atom. The van der Waals surface area contributed by atoms with Crippen LogP contribution in [0.3, 0.4) is 0 Å². The Labute approximate surface area is 274 Å². The summed E-state index contributed by atoms with van der Waals surface area (Å²) in [7, 11) is 0. The second kappa shape index (κ2) is 17.5. The quantitative estimate of drug-likeness (QED) is 0.173. The van der Waals surface area contributed by atoms with E-state index in [2.05, 4.69) is 16.0 Å². The molecule has 2 aliphatic rings. The Kier molecular flexibility index (Phi) is 13.8. The summed E-state index contributed by atoms with van der Waals surface area (Å²) in [5.41, 5.74) is 0.0722. The van der Waals surface area contributed by atoms with E-state index in [9.17, 15) is 39.0 Å². The lowest BCUT2D eigenvalue weighted by Gasteiger charge is -2.33. The van der Waals surface area contributed by atoms with Crippen LogP contribution in [0.25, 0.3) is 0 Å². The zero-order chi connectivity index (χ0) is 34.6. The van der Waals surface area contributed by atoms with Gasteiger partial charge in [0.1, 0.15) is 30.3 Å². The number of carboxylic acid groups (broad SMARTS) is 2. The number of alkyl carbamates (subject to hydrolysis) is 2. The molecule has 1 aromatic rings. The van der Waals surface area contributed by atoms with Crippen molar-refractivity contribution in [2.75, 3.05) is 6.54 Å². The number of hydrogen-bond donors (Lipinski definition) is 5. The molecule has 1 aromatic carbocycles. The predicted octanol–water partition coefficient (Wildman–Crippen LogP) is 3.57. The number of ether oxygens (including phenoxy) is 2. The molecule has 1 aliphatic carbocycles. The van der Waals surface area contributed by atoms with E-state index in [0.29, 0.717) is 25.7 Å². The van der Waals surface area contributed by atoms with Gasteiger partial charge in [-0.05, 0) is 77.2 Å². The highest BCUT2D eigenvalue weighted by Crippen LogP contribution is 2.40. The van der Waals surface area contributed by atoms with Gasteiger partial charge in [-0.3, -0.25) is 9.59 Å². The van der Waals surface area contributed by atoms with Gasteiger partial charge in [-0.2, -0.15) is 0 Å². The number of likely N-dealkylation sites (tertiary alicyclic amines) is 1. The van der Waals surface area contributed by atoms with E-state index in [1.54, 1.807) is 45.0 Å². The first-order valence-corrected chi connectivity index (χ1v) is 16.3. The fourth-order valence-corrected chi connectivity index (χ4v) is 6.12. The average Bonchev–Trinajstić information content (AvgIpc) is 3.41. The fraction of sp³-hybridized carbons (Fsp3) is 0.636. The first-order valence-electron chi connectivity index (χ1n) is 16.3. The third-order valence-corrected chi connectivity index (χ3v) is 8.33. The fourth-order valence-electron chi connectivity index (χ4n) is 6.12. The Hall–Kier alpha value is -4.36. The van der Waals surface area contributed by atoms with E-state index >= 15 is 0 Å². The zero-order valence-corrected chi connectivity index (χ0v) is 27.4. The summed E-state index contributed by atoms with van der Waals surface area (Å²) in [6.45, 7) is 5.42. The first kappa shape index (κ1) is 37.1. The summed E-state index contributed by atoms with van der Waals surface area (Å²) in [5.74, 6) is -3.57. The third-order valence-electron chi connectivity index (χ3n) is 8.33. The number of nitrogens with one attached hydrogen (secondary N) is 3. The van der Waals surface area contributed by atoms with E-state index < -0.39 is 59.7 Å². The lowest BCUT2D eigenvalue weighted by molar-refractivity contribution is -0.150. The van der Waals surface area contributed by atoms with Gasteiger partial charge in [-0.15, -0.1) is 0 Å². The van der Waals surface area contributed by atoms with Crippen LogP contribution in [0.5, 0.6) is 0 Å². The van der Waals surface area contributed by atoms with Gasteiger partial charge in [-0.25, -0.2) is 19.2 Å². The molecule has 4 amide bonds. The molecule has 1 saturated carbocycles. The molecule has 0 aromatic heterocycles. The van der Waals surface area contributed by atoms with Gasteiger partial charge < -0.3 is 40.5 Å². The normalized spacial score (nSPS) is 20.2. The zero-order valence-electron chi connectivity index (χ0n) is 27.4. The summed E-state index contributed by atoms with van der Waals surface area (Å²) in [6.07, 6.45) is 2.74. The second-order valence-electron chi connectivity index (χ2n) is 13.1. The van der Waals surface area contributed by atoms with Crippen molar-refractivity contribution in [3.63, 3.8) is 0 Å². The van der Waals surface area contributed by atoms with Gasteiger partial charge in [-0.1, -0.05) is 43.2 Å². The molecule has 14 heteroatoms. The van der Waals surface area contributed by atoms with Gasteiger partial charge in [0.25, 0.3) is 0 Å². The number of hydrogen-bond acceptors (Lipinski definition) is 8. The Morgan fingerprint density at radius 2 is 1.62 bits per heavy atom. The molecule has 1 unspecified atom stereocenters. The lowest BCUT2D eigenvalue weighted by atomic mass is 9.84. The number of aliphatic carboxylic acids is 2. The highest BCUT2D eigenvalue weighted by atomic mass is 16.6. The van der Waals surface area contributed by atoms with Crippen molar-refractivity contribution in [3.05, 3.63) is 35.9 Å². The van der Waals surface area contributed by atoms with Gasteiger partial charge in [0.15, 0.2) is 0 Å². The van der Waals surface area contributed by atoms with Gasteiger partial charge in [0.2, 0.25) is 11.8 Å². The number of nitrogens with zero attached hydrogens (tertiary/aromatic N) is 1. The minimum atomic E-state index is -1.46. The van der Waals surface area contributed by atoms with Gasteiger partial charge in [0, 0.05) is 19.0 Å². The number of unbranched alkanes of at least 4 members (excludes halogenated alkanes) is 1. The highest BCUT2D eigenvalue weighted by Gasteiger charge is 2.47. The van der Waals surface area contributed by atoms with Crippen LogP contribution in [0.4, 0.5) is 9.59 Å². The van der Waals surface area contributed by atoms with Gasteiger partial charge in [0.05, 0.1) is 0 Å². The molecule has 14 nitrogen and oxygen atoms in total. The molecule has 5 atom stereocenters. The molecular weight excluding hydrogens is 612 g/mol. The SMILES string of the molecule is CC(C)(C)OC(=O)NCCCC[C@H](NC(=O)OCc1ccccc1)C(=O)N[C@H](CCC(=O)N1C(C(=O)O)C[C@@H]2CCCC[C@@H]21)C(=O)O. The summed E-state index contributed by atoms with van der Waals surface area (Å²) in [6, 6.07) is 5.16. The van der Waals surface area contributed by atoms with Crippen molar-refractivity contribution < 1.29 is 48.5 Å². The minimum absolute atomic E-state index is 0.0453. The van der Waals surface area contributed by atoms with Crippen molar-refractivity contribution in [2.45, 2.75) is 121 Å². The van der Waals surface area contributed by atoms with E-state index in [0.717, 1.165) is 24.8 Å². The monoisotopic (exact) mass is 660 g/mol. The molecule has 0 bridgehead atoms. The summed E-state index contributed by atoms with van der Waals surface area (Å²) in [4.78, 5) is 76.6. The van der Waals surface area contributed by atoms with Crippen molar-refractivity contribution in [2.24, 2.45) is 5.92 Å². The smallest absolute Gasteiger partial charge is 0.408 e. The number of fused-ring (bicyclic) bond motifs is 1. The van der Waals surface area contributed by atoms with Gasteiger partial charge >= 0.3 is 24.1 Å². The first-order chi connectivity index (χ1) is 22.2. The number of carbonyl (C=O) groups is 6. The molecule has 3 rings (SSSR count). The molecular formula is C33H48N4O10. The standard InChI is InChI=1S/C33H48N4O10/c1-33(2,3)47-31(44)34-18-10-9-14-23(36-32(45)46-20-21-11-5-4-6-12-21)28(39)35-24(29(40)41)16-17-27(38)37-25-15-8-7-13-22(25)19-26(37)30(42)43/h4-6,11-12,22-26H,7-10,13-20H2,1-3H3,(H,34,44)(H,35,39)(H,36,45)(H,40,41)(H,42,43)/t22-,23-,24+,25-,26?/m0/s1. The Morgan fingerprint density at radius 1 is 0.915 bits per heavy atom. The number of carbonyl (C=O) groups excluding carboxylic acids is 4. The highest BCUT2D eigenvalue weighted by molar-refractivity contribution is 5.90. The summed E-state index contributed by atoms with van der Waals surface area (Å²) >= 11 is 0. The third kappa shape index (κ3) is 12.1. The molecule has 1 heterocycles. The number of amides is 4. The van der Waals surface area contributed by atoms with E-state index in [1.807, 2.05) is 6.07 Å². The van der Waals surface area contributed by atoms with E-state index in [4.69, 9.17) is 9.47 Å². The van der Waals surface area contributed by atoms with Crippen LogP contribution in [-0.2, 0) is 35.3 Å². The van der Waals surface area contributed by atoms with Crippen LogP contribution in [-0.4, -0.2) is 87.4 Å². The average molecular weight is 661 g/mol. The van der Waals surface area contributed by atoms with Crippen molar-refractivity contribution in [3.8, 4) is 0 Å². The Bertz CT molecular complexity index is 1250. The van der Waals surface area contributed by atoms with Crippen LogP contribution in [0.15, 0.2) is 30.3 Å². The maximum absolute atomic E-state index is 13.3. The van der Waals surface area contributed by atoms with Crippen molar-refractivity contribution in [1.29, 1.82) is 0 Å². The number of carboxylic acids is 2. The summed E-state index contributed by atoms with van der Waals surface area (Å²) in [5, 5.41) is 27.2. The van der Waals surface area contributed by atoms with Crippen LogP contribution in [0, 0.1) is 5.92 Å². The topological polar surface area (TPSA) is 201 Å². The van der Waals surface area contributed by atoms with Crippen molar-refractivity contribution in [1.82, 2.24) is 20.9 Å². The molecule has 5 N–H and O–H groups in total. The van der Waals surface area contributed by atoms with Crippen LogP contribution in [0.2, 0.25) is 0 Å². The maximum atomic E-state index is 13.3. The second-order valence-corrected chi connectivity index (χ2v) is 13.1. The summed E-state index contributed by atoms with van der Waals surface area (Å²) < 4.78 is 10.5. The lowest BCUT2D eigenvalue weighted by Crippen LogP contribution is -2.52. The van der Waals surface area contributed by atoms with Crippen LogP contribution >= 0.6 is 0 Å². The molecule has 1 saturated heterocycles. The minimum Gasteiger partial charge on any atom is -0.480 e. The predicted molar refractivity (Wildman–Crippen MR) is 169 cm³/mol. The molecule has 0 radical (unpaired) electrons. The van der Waals surface area contributed by atoms with Crippen LogP contribution < -0.4 is 16.0 Å².